The first-order valence-electron chi connectivity index (χ1n) is 9.02. The predicted octanol–water partition coefficient (Wildman–Crippen LogP) is 3.82. The molecular formula is C19H17F3N4O6S. The van der Waals surface area contributed by atoms with Crippen molar-refractivity contribution >= 4 is 24.4 Å². The normalized spacial score (nSPS) is 11.6. The summed E-state index contributed by atoms with van der Waals surface area (Å²) in [6, 6.07) is 5.92. The van der Waals surface area contributed by atoms with E-state index >= 15 is 0 Å². The van der Waals surface area contributed by atoms with Crippen LogP contribution in [0, 0.1) is 4.77 Å². The highest BCUT2D eigenvalue weighted by Crippen LogP contribution is 2.39. The van der Waals surface area contributed by atoms with Crippen LogP contribution in [0.5, 0.6) is 17.2 Å². The molecule has 1 N–H and O–H groups in total. The quantitative estimate of drug-likeness (QED) is 0.291. The van der Waals surface area contributed by atoms with E-state index in [1.165, 1.54) is 39.5 Å². The number of hydrogen-bond donors (Lipinski definition) is 1. The number of alkyl halides is 3. The number of H-pyrrole nitrogens is 1. The van der Waals surface area contributed by atoms with Crippen LogP contribution in [-0.4, -0.2) is 48.4 Å². The number of halogens is 3. The molecule has 0 saturated heterocycles. The van der Waals surface area contributed by atoms with Crippen LogP contribution in [0.4, 0.5) is 13.2 Å². The molecule has 0 saturated carbocycles. The minimum absolute atomic E-state index is 0.0117. The molecule has 2 aromatic heterocycles. The summed E-state index contributed by atoms with van der Waals surface area (Å²) in [5.41, 5.74) is 0.332. The van der Waals surface area contributed by atoms with E-state index in [2.05, 4.69) is 20.0 Å². The summed E-state index contributed by atoms with van der Waals surface area (Å²) in [5.74, 6) is -0.968. The van der Waals surface area contributed by atoms with Gasteiger partial charge < -0.3 is 23.4 Å². The highest BCUT2D eigenvalue weighted by atomic mass is 32.1. The Morgan fingerprint density at radius 3 is 2.48 bits per heavy atom. The van der Waals surface area contributed by atoms with Crippen LogP contribution < -0.4 is 14.2 Å². The third-order valence-electron chi connectivity index (χ3n) is 4.12. The van der Waals surface area contributed by atoms with E-state index in [1.54, 1.807) is 6.07 Å². The molecule has 3 aromatic rings. The monoisotopic (exact) mass is 486 g/mol. The lowest BCUT2D eigenvalue weighted by Gasteiger charge is -2.14. The number of carbonyl (C=O) groups excluding carboxylic acids is 1. The highest BCUT2D eigenvalue weighted by Gasteiger charge is 2.37. The summed E-state index contributed by atoms with van der Waals surface area (Å²) >= 11 is 4.81. The summed E-state index contributed by atoms with van der Waals surface area (Å²) in [7, 11) is 3.98. The number of aromatic amines is 1. The molecule has 2 heterocycles. The van der Waals surface area contributed by atoms with Crippen molar-refractivity contribution < 1.29 is 41.3 Å². The molecule has 14 heteroatoms. The number of methoxy groups -OCH3 is 3. The van der Waals surface area contributed by atoms with E-state index in [-0.39, 0.29) is 34.4 Å². The molecule has 33 heavy (non-hydrogen) atoms. The maximum atomic E-state index is 13.1. The zero-order valence-electron chi connectivity index (χ0n) is 17.4. The maximum Gasteiger partial charge on any atom is 0.453 e. The van der Waals surface area contributed by atoms with Gasteiger partial charge in [0.2, 0.25) is 16.3 Å². The Hall–Kier alpha value is -3.81. The largest absolute Gasteiger partial charge is 0.493 e. The first-order chi connectivity index (χ1) is 15.7. The van der Waals surface area contributed by atoms with Crippen LogP contribution in [0.1, 0.15) is 27.7 Å². The van der Waals surface area contributed by atoms with Gasteiger partial charge in [-0.2, -0.15) is 22.9 Å². The van der Waals surface area contributed by atoms with E-state index in [9.17, 15) is 18.0 Å². The van der Waals surface area contributed by atoms with Crippen LogP contribution in [0.2, 0.25) is 0 Å². The lowest BCUT2D eigenvalue weighted by molar-refractivity contribution is -0.147. The first kappa shape index (κ1) is 23.8. The number of carbonyl (C=O) groups is 1. The fourth-order valence-electron chi connectivity index (χ4n) is 2.63. The third kappa shape index (κ3) is 5.34. The van der Waals surface area contributed by atoms with E-state index in [1.807, 2.05) is 0 Å². The van der Waals surface area contributed by atoms with Crippen LogP contribution >= 0.6 is 12.2 Å². The fraction of sp³-hybridized carbons (Fsp3) is 0.263. The van der Waals surface area contributed by atoms with Gasteiger partial charge in [-0.25, -0.2) is 9.89 Å². The topological polar surface area (TPSA) is 113 Å². The number of nitrogens with zero attached hydrogens (tertiary/aromatic N) is 3. The Bertz CT molecular complexity index is 1210. The van der Waals surface area contributed by atoms with Gasteiger partial charge in [0.25, 0.3) is 5.82 Å². The van der Waals surface area contributed by atoms with Crippen LogP contribution in [-0.2, 0) is 17.5 Å². The highest BCUT2D eigenvalue weighted by molar-refractivity contribution is 7.71. The molecule has 0 unspecified atom stereocenters. The number of ether oxygens (including phenoxy) is 4. The number of aromatic nitrogens is 3. The van der Waals surface area contributed by atoms with Crippen LogP contribution in [0.3, 0.4) is 0 Å². The van der Waals surface area contributed by atoms with Crippen molar-refractivity contribution in [2.75, 3.05) is 21.3 Å². The fourth-order valence-corrected chi connectivity index (χ4v) is 2.81. The van der Waals surface area contributed by atoms with Gasteiger partial charge in [-0.15, -0.1) is 5.10 Å². The summed E-state index contributed by atoms with van der Waals surface area (Å²) < 4.78 is 65.6. The molecule has 0 aliphatic heterocycles. The number of nitrogens with one attached hydrogen (secondary N) is 1. The van der Waals surface area contributed by atoms with Crippen molar-refractivity contribution in [3.8, 4) is 17.2 Å². The molecule has 0 aliphatic carbocycles. The van der Waals surface area contributed by atoms with Crippen molar-refractivity contribution in [2.45, 2.75) is 12.8 Å². The zero-order chi connectivity index (χ0) is 24.2. The van der Waals surface area contributed by atoms with Crippen LogP contribution in [0.15, 0.2) is 33.8 Å². The number of hydrogen-bond acceptors (Lipinski definition) is 9. The maximum absolute atomic E-state index is 13.1. The molecular weight excluding hydrogens is 469 g/mol. The van der Waals surface area contributed by atoms with Gasteiger partial charge in [-0.1, -0.05) is 0 Å². The molecule has 0 fully saturated rings. The van der Waals surface area contributed by atoms with Gasteiger partial charge in [-0.05, 0) is 36.5 Å². The van der Waals surface area contributed by atoms with Gasteiger partial charge in [0.05, 0.1) is 27.5 Å². The van der Waals surface area contributed by atoms with Crippen LogP contribution in [0.25, 0.3) is 0 Å². The van der Waals surface area contributed by atoms with E-state index < -0.39 is 18.0 Å². The second-order valence-corrected chi connectivity index (χ2v) is 6.59. The second kappa shape index (κ2) is 9.77. The lowest BCUT2D eigenvalue weighted by atomic mass is 10.2. The second-order valence-electron chi connectivity index (χ2n) is 6.21. The van der Waals surface area contributed by atoms with Crippen molar-refractivity contribution in [3.63, 3.8) is 0 Å². The summed E-state index contributed by atoms with van der Waals surface area (Å²) in [4.78, 5) is 11.5. The molecule has 176 valence electrons. The minimum Gasteiger partial charge on any atom is -0.493 e. The first-order valence-corrected chi connectivity index (χ1v) is 9.43. The van der Waals surface area contributed by atoms with Gasteiger partial charge in [-0.3, -0.25) is 0 Å². The molecule has 0 aliphatic rings. The van der Waals surface area contributed by atoms with Gasteiger partial charge >= 0.3 is 12.1 Å². The van der Waals surface area contributed by atoms with Gasteiger partial charge in [0.1, 0.15) is 12.4 Å². The number of esters is 1. The minimum atomic E-state index is -4.75. The molecule has 0 radical (unpaired) electrons. The van der Waals surface area contributed by atoms with Crippen molar-refractivity contribution in [1.82, 2.24) is 14.9 Å². The van der Waals surface area contributed by atoms with E-state index in [0.717, 1.165) is 6.21 Å². The summed E-state index contributed by atoms with van der Waals surface area (Å²) in [5, 5.41) is 8.97. The van der Waals surface area contributed by atoms with Gasteiger partial charge in [0, 0.05) is 5.56 Å². The molecule has 0 amide bonds. The summed E-state index contributed by atoms with van der Waals surface area (Å²) in [6.45, 7) is -0.0731. The molecule has 0 bridgehead atoms. The zero-order valence-corrected chi connectivity index (χ0v) is 18.2. The summed E-state index contributed by atoms with van der Waals surface area (Å²) in [6.07, 6.45) is -3.62. The van der Waals surface area contributed by atoms with Crippen molar-refractivity contribution in [1.29, 1.82) is 0 Å². The smallest absolute Gasteiger partial charge is 0.453 e. The van der Waals surface area contributed by atoms with E-state index in [4.69, 9.17) is 30.8 Å². The Balaban J connectivity index is 1.87. The Morgan fingerprint density at radius 2 is 1.91 bits per heavy atom. The van der Waals surface area contributed by atoms with Crippen molar-refractivity contribution in [2.24, 2.45) is 5.10 Å². The molecule has 3 rings (SSSR count). The number of rotatable bonds is 8. The number of furan rings is 1. The molecule has 0 atom stereocenters. The average molecular weight is 486 g/mol. The molecule has 0 spiro atoms. The van der Waals surface area contributed by atoms with Gasteiger partial charge in [0.15, 0.2) is 11.5 Å². The SMILES string of the molecule is COC(=O)c1ccc(COc2c(OC)cc(/C=N\n3c(C(F)(F)F)n[nH]c3=S)cc2OC)o1. The van der Waals surface area contributed by atoms with Crippen molar-refractivity contribution in [3.05, 3.63) is 51.9 Å². The number of benzene rings is 1. The molecule has 10 nitrogen and oxygen atoms in total. The Labute approximate surface area is 189 Å². The molecule has 1 aromatic carbocycles. The Kier molecular flexibility index (Phi) is 7.06. The predicted molar refractivity (Wildman–Crippen MR) is 109 cm³/mol. The lowest BCUT2D eigenvalue weighted by Crippen LogP contribution is -2.12. The van der Waals surface area contributed by atoms with E-state index in [0.29, 0.717) is 16.0 Å². The standard InChI is InChI=1S/C19H17F3N4O6S/c1-28-13-6-10(8-23-26-17(19(20,21)22)24-25-18(26)33)7-14(29-2)15(13)31-9-11-4-5-12(32-11)16(27)30-3/h4-8H,9H2,1-3H3,(H,25,33)/b23-8-. The third-order valence-corrected chi connectivity index (χ3v) is 4.38. The average Bonchev–Trinajstić information content (AvgIpc) is 3.41. The Morgan fingerprint density at radius 1 is 1.24 bits per heavy atom.